The number of carbonyl (C=O) groups excluding carboxylic acids is 1. The van der Waals surface area contributed by atoms with E-state index in [1.54, 1.807) is 12.1 Å². The predicted molar refractivity (Wildman–Crippen MR) is 106 cm³/mol. The Labute approximate surface area is 164 Å². The fraction of sp³-hybridized carbons (Fsp3) is 0.150. The molecule has 8 heteroatoms. The number of hydrogen-bond acceptors (Lipinski definition) is 4. The zero-order chi connectivity index (χ0) is 20.0. The molecule has 28 heavy (non-hydrogen) atoms. The fourth-order valence-electron chi connectivity index (χ4n) is 2.52. The summed E-state index contributed by atoms with van der Waals surface area (Å²) in [5.41, 5.74) is 0.737. The van der Waals surface area contributed by atoms with E-state index in [0.717, 1.165) is 29.5 Å². The van der Waals surface area contributed by atoms with Crippen molar-refractivity contribution < 1.29 is 18.0 Å². The molecule has 3 rings (SSSR count). The van der Waals surface area contributed by atoms with Crippen molar-refractivity contribution in [2.75, 3.05) is 0 Å². The van der Waals surface area contributed by atoms with E-state index in [0.29, 0.717) is 10.7 Å². The average Bonchev–Trinajstić information content (AvgIpc) is 3.01. The van der Waals surface area contributed by atoms with Gasteiger partial charge in [0.25, 0.3) is 0 Å². The average molecular weight is 403 g/mol. The van der Waals surface area contributed by atoms with Crippen LogP contribution in [0.2, 0.25) is 0 Å². The molecule has 1 aliphatic heterocycles. The van der Waals surface area contributed by atoms with E-state index in [-0.39, 0.29) is 12.3 Å². The van der Waals surface area contributed by atoms with Crippen molar-refractivity contribution >= 4 is 35.1 Å². The summed E-state index contributed by atoms with van der Waals surface area (Å²) in [4.78, 5) is 12.0. The summed E-state index contributed by atoms with van der Waals surface area (Å²) in [5, 5.41) is 10.2. The molecule has 1 N–H and O–H groups in total. The summed E-state index contributed by atoms with van der Waals surface area (Å²) < 4.78 is 38.4. The van der Waals surface area contributed by atoms with Crippen LogP contribution >= 0.6 is 11.8 Å². The van der Waals surface area contributed by atoms with Gasteiger partial charge in [-0.25, -0.2) is 0 Å². The van der Waals surface area contributed by atoms with Crippen molar-refractivity contribution in [1.29, 1.82) is 0 Å². The van der Waals surface area contributed by atoms with Gasteiger partial charge in [-0.05, 0) is 29.7 Å². The highest BCUT2D eigenvalue weighted by Gasteiger charge is 2.33. The monoisotopic (exact) mass is 403 g/mol. The maximum absolute atomic E-state index is 12.8. The lowest BCUT2D eigenvalue weighted by molar-refractivity contribution is -0.137. The second-order valence-electron chi connectivity index (χ2n) is 5.94. The molecule has 2 aromatic rings. The third-order valence-electron chi connectivity index (χ3n) is 3.84. The summed E-state index contributed by atoms with van der Waals surface area (Å²) in [7, 11) is 0. The van der Waals surface area contributed by atoms with E-state index >= 15 is 0 Å². The number of benzene rings is 2. The highest BCUT2D eigenvalue weighted by Crippen LogP contribution is 2.31. The number of nitrogens with zero attached hydrogens (tertiary/aromatic N) is 2. The number of thioether (sulfide) groups is 1. The molecule has 144 valence electrons. The molecule has 1 fully saturated rings. The predicted octanol–water partition coefficient (Wildman–Crippen LogP) is 4.53. The minimum atomic E-state index is -4.41. The molecule has 0 aliphatic carbocycles. The summed E-state index contributed by atoms with van der Waals surface area (Å²) in [6, 6.07) is 14.7. The highest BCUT2D eigenvalue weighted by atomic mass is 32.2. The number of allylic oxidation sites excluding steroid dienone is 1. The first kappa shape index (κ1) is 19.9. The second-order valence-corrected chi connectivity index (χ2v) is 7.13. The Balaban J connectivity index is 1.58. The summed E-state index contributed by atoms with van der Waals surface area (Å²) in [5.74, 6) is -0.295. The number of alkyl halides is 3. The first-order valence-electron chi connectivity index (χ1n) is 8.38. The molecule has 1 saturated heterocycles. The van der Waals surface area contributed by atoms with E-state index in [1.165, 1.54) is 12.3 Å². The van der Waals surface area contributed by atoms with Crippen LogP contribution in [0.3, 0.4) is 0 Å². The van der Waals surface area contributed by atoms with Crippen molar-refractivity contribution in [2.24, 2.45) is 10.2 Å². The van der Waals surface area contributed by atoms with E-state index in [1.807, 2.05) is 36.4 Å². The Hall–Kier alpha value is -2.87. The van der Waals surface area contributed by atoms with Gasteiger partial charge in [-0.3, -0.25) is 4.79 Å². The van der Waals surface area contributed by atoms with E-state index in [4.69, 9.17) is 0 Å². The molecule has 0 saturated carbocycles. The van der Waals surface area contributed by atoms with Gasteiger partial charge >= 0.3 is 6.18 Å². The summed E-state index contributed by atoms with van der Waals surface area (Å²) >= 11 is 1.15. The molecule has 1 heterocycles. The molecule has 1 unspecified atom stereocenters. The molecule has 1 aliphatic rings. The normalized spacial score (nSPS) is 19.0. The van der Waals surface area contributed by atoms with Crippen LogP contribution in [0.5, 0.6) is 0 Å². The van der Waals surface area contributed by atoms with Crippen LogP contribution in [-0.2, 0) is 17.4 Å². The zero-order valence-electron chi connectivity index (χ0n) is 14.6. The number of amides is 1. The van der Waals surface area contributed by atoms with Gasteiger partial charge in [0, 0.05) is 6.21 Å². The van der Waals surface area contributed by atoms with E-state index in [9.17, 15) is 18.0 Å². The van der Waals surface area contributed by atoms with Gasteiger partial charge in [0.2, 0.25) is 5.91 Å². The molecule has 0 bridgehead atoms. The number of nitrogens with one attached hydrogen (secondary N) is 1. The fourth-order valence-corrected chi connectivity index (χ4v) is 3.48. The number of carbonyl (C=O) groups is 1. The Morgan fingerprint density at radius 1 is 1.11 bits per heavy atom. The smallest absolute Gasteiger partial charge is 0.303 e. The van der Waals surface area contributed by atoms with Gasteiger partial charge in [0.05, 0.1) is 10.8 Å². The van der Waals surface area contributed by atoms with Gasteiger partial charge in [-0.2, -0.15) is 18.3 Å². The van der Waals surface area contributed by atoms with Crippen molar-refractivity contribution in [3.63, 3.8) is 0 Å². The molecule has 2 aromatic carbocycles. The maximum atomic E-state index is 12.8. The summed E-state index contributed by atoms with van der Waals surface area (Å²) in [6.07, 6.45) is 0.848. The molecule has 0 radical (unpaired) electrons. The van der Waals surface area contributed by atoms with Crippen molar-refractivity contribution in [2.45, 2.75) is 17.8 Å². The Kier molecular flexibility index (Phi) is 6.30. The SMILES string of the molecule is O=C1N/C(=N/N=C/C=C/c2ccccc2)SC1Cc1cccc(C(F)(F)F)c1. The number of hydrogen-bond donors (Lipinski definition) is 1. The Morgan fingerprint density at radius 2 is 1.89 bits per heavy atom. The van der Waals surface area contributed by atoms with Crippen LogP contribution in [0, 0.1) is 0 Å². The van der Waals surface area contributed by atoms with Crippen LogP contribution in [-0.4, -0.2) is 22.5 Å². The van der Waals surface area contributed by atoms with Gasteiger partial charge in [0.15, 0.2) is 5.17 Å². The lowest BCUT2D eigenvalue weighted by atomic mass is 10.1. The van der Waals surface area contributed by atoms with Crippen molar-refractivity contribution in [3.8, 4) is 0 Å². The van der Waals surface area contributed by atoms with Crippen LogP contribution in [0.15, 0.2) is 70.9 Å². The molecule has 1 amide bonds. The number of rotatable bonds is 5. The Morgan fingerprint density at radius 3 is 2.64 bits per heavy atom. The van der Waals surface area contributed by atoms with Gasteiger partial charge in [-0.15, -0.1) is 5.10 Å². The minimum absolute atomic E-state index is 0.178. The molecule has 0 spiro atoms. The first-order chi connectivity index (χ1) is 13.4. The third kappa shape index (κ3) is 5.56. The molecular formula is C20H16F3N3OS. The van der Waals surface area contributed by atoms with Crippen molar-refractivity contribution in [3.05, 3.63) is 77.4 Å². The van der Waals surface area contributed by atoms with Gasteiger partial charge < -0.3 is 5.32 Å². The molecule has 4 nitrogen and oxygen atoms in total. The highest BCUT2D eigenvalue weighted by molar-refractivity contribution is 8.15. The minimum Gasteiger partial charge on any atom is -0.303 e. The van der Waals surface area contributed by atoms with Crippen LogP contribution < -0.4 is 5.32 Å². The van der Waals surface area contributed by atoms with Crippen molar-refractivity contribution in [1.82, 2.24) is 5.32 Å². The second kappa shape index (κ2) is 8.88. The van der Waals surface area contributed by atoms with Crippen LogP contribution in [0.25, 0.3) is 6.08 Å². The number of amidine groups is 1. The molecule has 0 aromatic heterocycles. The molecular weight excluding hydrogens is 387 g/mol. The van der Waals surface area contributed by atoms with Gasteiger partial charge in [-0.1, -0.05) is 66.4 Å². The Bertz CT molecular complexity index is 924. The largest absolute Gasteiger partial charge is 0.416 e. The number of halogens is 3. The topological polar surface area (TPSA) is 53.8 Å². The van der Waals surface area contributed by atoms with E-state index in [2.05, 4.69) is 15.5 Å². The third-order valence-corrected chi connectivity index (χ3v) is 4.91. The van der Waals surface area contributed by atoms with Crippen LogP contribution in [0.4, 0.5) is 13.2 Å². The quantitative estimate of drug-likeness (QED) is 0.589. The van der Waals surface area contributed by atoms with Crippen LogP contribution in [0.1, 0.15) is 16.7 Å². The lowest BCUT2D eigenvalue weighted by Gasteiger charge is -2.10. The first-order valence-corrected chi connectivity index (χ1v) is 9.26. The lowest BCUT2D eigenvalue weighted by Crippen LogP contribution is -2.26. The maximum Gasteiger partial charge on any atom is 0.416 e. The zero-order valence-corrected chi connectivity index (χ0v) is 15.4. The molecule has 1 atom stereocenters. The van der Waals surface area contributed by atoms with Gasteiger partial charge in [0.1, 0.15) is 0 Å². The summed E-state index contributed by atoms with van der Waals surface area (Å²) in [6.45, 7) is 0. The standard InChI is InChI=1S/C20H16F3N3OS/c21-20(22,23)16-10-4-8-15(12-16)13-17-18(27)25-19(28-17)26-24-11-5-9-14-6-2-1-3-7-14/h1-12,17H,13H2,(H,25,26,27)/b9-5+,24-11+. The van der Waals surface area contributed by atoms with E-state index < -0.39 is 17.0 Å².